The molecule has 4 aliphatic rings. The van der Waals surface area contributed by atoms with Crippen molar-refractivity contribution in [1.82, 2.24) is 0 Å². The Morgan fingerprint density at radius 1 is 1.08 bits per heavy atom. The van der Waals surface area contributed by atoms with Gasteiger partial charge in [-0.15, -0.1) is 0 Å². The maximum absolute atomic E-state index is 13.0. The van der Waals surface area contributed by atoms with Crippen molar-refractivity contribution in [3.05, 3.63) is 29.8 Å². The van der Waals surface area contributed by atoms with E-state index in [1.807, 2.05) is 24.3 Å². The number of hydrogen-bond donors (Lipinski definition) is 2. The number of nitrogens with one attached hydrogen (secondary N) is 1. The van der Waals surface area contributed by atoms with Gasteiger partial charge < -0.3 is 10.4 Å². The second-order valence-corrected chi connectivity index (χ2v) is 8.79. The average molecular weight is 341 g/mol. The van der Waals surface area contributed by atoms with Crippen LogP contribution in [0.4, 0.5) is 5.69 Å². The molecule has 0 heterocycles. The van der Waals surface area contributed by atoms with Gasteiger partial charge in [0, 0.05) is 5.69 Å². The number of benzene rings is 1. The maximum Gasteiger partial charge on any atom is 0.306 e. The molecular formula is C21H27NO3. The third-order valence-electron chi connectivity index (χ3n) is 6.70. The minimum atomic E-state index is -0.779. The molecule has 1 atom stereocenters. The van der Waals surface area contributed by atoms with Crippen LogP contribution in [0.5, 0.6) is 0 Å². The number of hydrogen-bond acceptors (Lipinski definition) is 2. The van der Waals surface area contributed by atoms with Crippen LogP contribution in [0.1, 0.15) is 51.0 Å². The molecule has 4 saturated carbocycles. The lowest BCUT2D eigenvalue weighted by atomic mass is 9.49. The molecule has 1 aromatic carbocycles. The largest absolute Gasteiger partial charge is 0.481 e. The van der Waals surface area contributed by atoms with Gasteiger partial charge in [-0.2, -0.15) is 0 Å². The van der Waals surface area contributed by atoms with E-state index >= 15 is 0 Å². The Balaban J connectivity index is 1.42. The number of amides is 1. The van der Waals surface area contributed by atoms with E-state index in [9.17, 15) is 9.59 Å². The van der Waals surface area contributed by atoms with Crippen molar-refractivity contribution in [2.45, 2.75) is 51.9 Å². The van der Waals surface area contributed by atoms with Gasteiger partial charge in [-0.1, -0.05) is 19.1 Å². The highest BCUT2D eigenvalue weighted by Crippen LogP contribution is 2.60. The van der Waals surface area contributed by atoms with Gasteiger partial charge in [-0.05, 0) is 80.4 Å². The van der Waals surface area contributed by atoms with Gasteiger partial charge in [0.25, 0.3) is 0 Å². The van der Waals surface area contributed by atoms with E-state index < -0.39 is 11.9 Å². The molecule has 5 rings (SSSR count). The van der Waals surface area contributed by atoms with Crippen LogP contribution in [-0.2, 0) is 16.0 Å². The Bertz CT molecular complexity index is 644. The Labute approximate surface area is 149 Å². The number of carboxylic acids is 1. The lowest BCUT2D eigenvalue weighted by Gasteiger charge is -2.55. The molecule has 1 amide bonds. The van der Waals surface area contributed by atoms with Crippen LogP contribution < -0.4 is 5.32 Å². The van der Waals surface area contributed by atoms with Gasteiger partial charge in [0.05, 0.1) is 11.3 Å². The van der Waals surface area contributed by atoms with Crippen LogP contribution in [0.25, 0.3) is 0 Å². The second-order valence-electron chi connectivity index (χ2n) is 8.79. The van der Waals surface area contributed by atoms with Crippen LogP contribution in [0.3, 0.4) is 0 Å². The van der Waals surface area contributed by atoms with Crippen molar-refractivity contribution in [3.8, 4) is 0 Å². The topological polar surface area (TPSA) is 66.4 Å². The molecule has 4 nitrogen and oxygen atoms in total. The number of rotatable bonds is 5. The normalized spacial score (nSPS) is 33.9. The Morgan fingerprint density at radius 3 is 2.08 bits per heavy atom. The van der Waals surface area contributed by atoms with Crippen LogP contribution in [0.2, 0.25) is 0 Å². The van der Waals surface area contributed by atoms with Gasteiger partial charge in [0.15, 0.2) is 0 Å². The first kappa shape index (κ1) is 16.6. The predicted molar refractivity (Wildman–Crippen MR) is 96.2 cm³/mol. The molecule has 0 saturated heterocycles. The van der Waals surface area contributed by atoms with Crippen molar-refractivity contribution in [2.75, 3.05) is 5.32 Å². The Kier molecular flexibility index (Phi) is 4.09. The van der Waals surface area contributed by atoms with Gasteiger partial charge in [0.2, 0.25) is 5.91 Å². The summed E-state index contributed by atoms with van der Waals surface area (Å²) >= 11 is 0. The molecule has 1 unspecified atom stereocenters. The van der Waals surface area contributed by atoms with Crippen LogP contribution in [0.15, 0.2) is 24.3 Å². The zero-order chi connectivity index (χ0) is 17.6. The minimum Gasteiger partial charge on any atom is -0.481 e. The first-order valence-corrected chi connectivity index (χ1v) is 9.57. The zero-order valence-electron chi connectivity index (χ0n) is 14.8. The Hall–Kier alpha value is -1.84. The highest BCUT2D eigenvalue weighted by molar-refractivity contribution is 5.95. The minimum absolute atomic E-state index is 0.134. The smallest absolute Gasteiger partial charge is 0.306 e. The molecule has 0 spiro atoms. The third kappa shape index (κ3) is 3.19. The van der Waals surface area contributed by atoms with Gasteiger partial charge in [0.1, 0.15) is 0 Å². The maximum atomic E-state index is 13.0. The zero-order valence-corrected chi connectivity index (χ0v) is 14.8. The van der Waals surface area contributed by atoms with Crippen LogP contribution >= 0.6 is 0 Å². The molecule has 4 heteroatoms. The fraction of sp³-hybridized carbons (Fsp3) is 0.619. The molecule has 1 aromatic rings. The monoisotopic (exact) mass is 341 g/mol. The molecule has 134 valence electrons. The fourth-order valence-electron chi connectivity index (χ4n) is 5.82. The highest BCUT2D eigenvalue weighted by atomic mass is 16.4. The lowest BCUT2D eigenvalue weighted by molar-refractivity contribution is -0.141. The second kappa shape index (κ2) is 6.15. The molecule has 4 bridgehead atoms. The molecule has 25 heavy (non-hydrogen) atoms. The summed E-state index contributed by atoms with van der Waals surface area (Å²) in [5.74, 6) is 1.32. The van der Waals surface area contributed by atoms with Gasteiger partial charge in [-0.25, -0.2) is 0 Å². The van der Waals surface area contributed by atoms with E-state index in [1.54, 1.807) is 6.92 Å². The summed E-state index contributed by atoms with van der Waals surface area (Å²) in [6.45, 7) is 1.71. The standard InChI is InChI=1S/C21H27NO3/c1-13(19(23)24)6-14-2-4-18(5-3-14)22-20(25)21-10-15-7-16(11-21)9-17(8-15)12-21/h2-5,13,15-17H,6-12H2,1H3,(H,22,25)(H,23,24). The molecular weight excluding hydrogens is 314 g/mol. The summed E-state index contributed by atoms with van der Waals surface area (Å²) in [6.07, 6.45) is 7.73. The van der Waals surface area contributed by atoms with E-state index in [4.69, 9.17) is 5.11 Å². The van der Waals surface area contributed by atoms with Crippen molar-refractivity contribution >= 4 is 17.6 Å². The SMILES string of the molecule is CC(Cc1ccc(NC(=O)C23CC4CC(CC(C4)C2)C3)cc1)C(=O)O. The van der Waals surface area contributed by atoms with E-state index in [2.05, 4.69) is 5.32 Å². The summed E-state index contributed by atoms with van der Waals surface area (Å²) < 4.78 is 0. The molecule has 0 aliphatic heterocycles. The first-order valence-electron chi connectivity index (χ1n) is 9.57. The van der Waals surface area contributed by atoms with E-state index in [0.717, 1.165) is 48.3 Å². The van der Waals surface area contributed by atoms with Crippen molar-refractivity contribution in [3.63, 3.8) is 0 Å². The van der Waals surface area contributed by atoms with E-state index in [-0.39, 0.29) is 11.3 Å². The highest BCUT2D eigenvalue weighted by Gasteiger charge is 2.54. The molecule has 4 aliphatic carbocycles. The number of anilines is 1. The van der Waals surface area contributed by atoms with Crippen LogP contribution in [0, 0.1) is 29.1 Å². The molecule has 2 N–H and O–H groups in total. The summed E-state index contributed by atoms with van der Waals surface area (Å²) in [5.41, 5.74) is 1.68. The number of carboxylic acid groups (broad SMARTS) is 1. The number of carbonyl (C=O) groups is 2. The summed E-state index contributed by atoms with van der Waals surface area (Å²) in [6, 6.07) is 7.66. The van der Waals surface area contributed by atoms with E-state index in [0.29, 0.717) is 6.42 Å². The molecule has 4 fully saturated rings. The molecule has 0 radical (unpaired) electrons. The number of carbonyl (C=O) groups excluding carboxylic acids is 1. The summed E-state index contributed by atoms with van der Waals surface area (Å²) in [7, 11) is 0. The van der Waals surface area contributed by atoms with Gasteiger partial charge >= 0.3 is 5.97 Å². The predicted octanol–water partition coefficient (Wildman–Crippen LogP) is 4.10. The third-order valence-corrected chi connectivity index (χ3v) is 6.70. The van der Waals surface area contributed by atoms with Crippen molar-refractivity contribution < 1.29 is 14.7 Å². The number of aliphatic carboxylic acids is 1. The quantitative estimate of drug-likeness (QED) is 0.847. The van der Waals surface area contributed by atoms with Crippen LogP contribution in [-0.4, -0.2) is 17.0 Å². The van der Waals surface area contributed by atoms with E-state index in [1.165, 1.54) is 19.3 Å². The lowest BCUT2D eigenvalue weighted by Crippen LogP contribution is -2.51. The average Bonchev–Trinajstić information content (AvgIpc) is 2.55. The van der Waals surface area contributed by atoms with Crippen molar-refractivity contribution in [1.29, 1.82) is 0 Å². The van der Waals surface area contributed by atoms with Gasteiger partial charge in [-0.3, -0.25) is 9.59 Å². The first-order chi connectivity index (χ1) is 11.9. The Morgan fingerprint density at radius 2 is 1.60 bits per heavy atom. The molecule has 0 aromatic heterocycles. The fourth-order valence-corrected chi connectivity index (χ4v) is 5.82. The summed E-state index contributed by atoms with van der Waals surface area (Å²) in [4.78, 5) is 24.0. The van der Waals surface area contributed by atoms with Crippen molar-refractivity contribution in [2.24, 2.45) is 29.1 Å². The summed E-state index contributed by atoms with van der Waals surface area (Å²) in [5, 5.41) is 12.2.